The smallest absolute Gasteiger partial charge is 0.255 e. The van der Waals surface area contributed by atoms with Crippen LogP contribution in [0.1, 0.15) is 5.56 Å². The van der Waals surface area contributed by atoms with Crippen LogP contribution in [0, 0.1) is 3.91 Å². The van der Waals surface area contributed by atoms with Crippen molar-refractivity contribution in [3.05, 3.63) is 40.3 Å². The number of hydrogen-bond acceptors (Lipinski definition) is 6. The number of sulfone groups is 3. The Hall–Kier alpha value is -1.61. The number of hydrogen-bond donors (Lipinski definition) is 0. The predicted molar refractivity (Wildman–Crippen MR) is 76.9 cm³/mol. The van der Waals surface area contributed by atoms with E-state index in [2.05, 4.69) is 6.58 Å². The molecule has 0 heterocycles. The van der Waals surface area contributed by atoms with Gasteiger partial charge in [-0.05, 0) is 17.7 Å². The highest BCUT2D eigenvalue weighted by Crippen LogP contribution is 2.45. The normalized spacial score (nSPS) is 14.4. The van der Waals surface area contributed by atoms with Crippen molar-refractivity contribution in [3.8, 4) is 0 Å². The van der Waals surface area contributed by atoms with E-state index in [0.29, 0.717) is 12.1 Å². The van der Waals surface area contributed by atoms with Gasteiger partial charge in [0.25, 0.3) is 0 Å². The molecule has 26 heavy (non-hydrogen) atoms. The van der Waals surface area contributed by atoms with Crippen molar-refractivity contribution in [1.29, 1.82) is 0 Å². The molecule has 6 nitrogen and oxygen atoms in total. The Labute approximate surface area is 143 Å². The monoisotopic (exact) mass is 445 g/mol. The molecule has 1 aromatic rings. The molecule has 0 aliphatic rings. The molecule has 0 atom stereocenters. The summed E-state index contributed by atoms with van der Waals surface area (Å²) in [6, 6.07) is 2.59. The number of rotatable bonds is 5. The first-order valence-corrected chi connectivity index (χ1v) is 10.3. The lowest BCUT2D eigenvalue weighted by Gasteiger charge is -2.31. The van der Waals surface area contributed by atoms with Crippen LogP contribution in [0.4, 0.5) is 26.3 Å². The second-order valence-electron chi connectivity index (χ2n) is 4.42. The van der Waals surface area contributed by atoms with E-state index in [1.165, 1.54) is 0 Å². The molecule has 0 bridgehead atoms. The summed E-state index contributed by atoms with van der Waals surface area (Å²) in [5.74, 6) is 0. The first-order valence-electron chi connectivity index (χ1n) is 5.88. The van der Waals surface area contributed by atoms with Gasteiger partial charge in [-0.1, -0.05) is 24.8 Å². The summed E-state index contributed by atoms with van der Waals surface area (Å²) in [6.07, 6.45) is 1.12. The van der Waals surface area contributed by atoms with Gasteiger partial charge in [-0.15, -0.1) is 0 Å². The van der Waals surface area contributed by atoms with Crippen molar-refractivity contribution < 1.29 is 51.6 Å². The number of alkyl halides is 6. The highest BCUT2D eigenvalue weighted by Gasteiger charge is 2.58. The van der Waals surface area contributed by atoms with Crippen molar-refractivity contribution in [2.24, 2.45) is 0 Å². The Morgan fingerprint density at radius 3 is 1.38 bits per heavy atom. The molecule has 0 fully saturated rings. The Balaban J connectivity index is 3.89. The quantitative estimate of drug-likeness (QED) is 0.510. The lowest BCUT2D eigenvalue weighted by atomic mass is 10.2. The fourth-order valence-corrected chi connectivity index (χ4v) is 7.74. The summed E-state index contributed by atoms with van der Waals surface area (Å²) in [5.41, 5.74) is -13.1. The van der Waals surface area contributed by atoms with Gasteiger partial charge in [0.2, 0.25) is 0 Å². The van der Waals surface area contributed by atoms with E-state index in [1.807, 2.05) is 0 Å². The van der Waals surface area contributed by atoms with E-state index in [4.69, 9.17) is 0 Å². The van der Waals surface area contributed by atoms with Gasteiger partial charge in [-0.25, -0.2) is 0 Å². The lowest BCUT2D eigenvalue weighted by molar-refractivity contribution is -0.0449. The SMILES string of the molecule is C=Cc1ccc(S(=O)(=O)[C-](S(=O)(=O)C(F)(F)F)S(=O)(=O)C(F)(F)F)cc1. The van der Waals surface area contributed by atoms with Gasteiger partial charge in [-0.3, -0.25) is 25.3 Å². The van der Waals surface area contributed by atoms with Crippen molar-refractivity contribution in [1.82, 2.24) is 0 Å². The number of benzene rings is 1. The van der Waals surface area contributed by atoms with Crippen LogP contribution in [-0.4, -0.2) is 36.3 Å². The fourth-order valence-electron chi connectivity index (χ4n) is 1.50. The highest BCUT2D eigenvalue weighted by molar-refractivity contribution is 8.29. The minimum absolute atomic E-state index is 0.169. The average Bonchev–Trinajstić information content (AvgIpc) is 2.44. The van der Waals surface area contributed by atoms with Crippen LogP contribution in [0.2, 0.25) is 0 Å². The summed E-state index contributed by atoms with van der Waals surface area (Å²) in [4.78, 5) is -1.40. The molecule has 0 radical (unpaired) electrons. The largest absolute Gasteiger partial charge is 0.470 e. The Bertz CT molecular complexity index is 958. The van der Waals surface area contributed by atoms with Gasteiger partial charge < -0.3 is 0 Å². The molecule has 0 aliphatic heterocycles. The molecule has 0 N–H and O–H groups in total. The molecule has 148 valence electrons. The second kappa shape index (κ2) is 6.53. The van der Waals surface area contributed by atoms with Crippen molar-refractivity contribution in [3.63, 3.8) is 0 Å². The molecule has 0 amide bonds. The molecule has 0 spiro atoms. The summed E-state index contributed by atoms with van der Waals surface area (Å²) in [6.45, 7) is 3.26. The molecular formula is C11H7F6O6S3-. The second-order valence-corrected chi connectivity index (χ2v) is 10.8. The molecule has 0 aromatic heterocycles. The van der Waals surface area contributed by atoms with Gasteiger partial charge in [0, 0.05) is 4.90 Å². The van der Waals surface area contributed by atoms with E-state index < -0.39 is 49.3 Å². The van der Waals surface area contributed by atoms with Crippen molar-refractivity contribution in [2.75, 3.05) is 0 Å². The van der Waals surface area contributed by atoms with Crippen LogP contribution < -0.4 is 0 Å². The minimum Gasteiger partial charge on any atom is -0.255 e. The fraction of sp³-hybridized carbons (Fsp3) is 0.182. The molecule has 0 saturated heterocycles. The Morgan fingerprint density at radius 2 is 1.12 bits per heavy atom. The molecule has 0 unspecified atom stereocenters. The van der Waals surface area contributed by atoms with Gasteiger partial charge in [0.05, 0.1) is 13.8 Å². The van der Waals surface area contributed by atoms with E-state index >= 15 is 0 Å². The average molecular weight is 445 g/mol. The summed E-state index contributed by atoms with van der Waals surface area (Å²) in [5, 5.41) is 0. The standard InChI is InChI=1S/C11H7F6O6S3/c1-2-7-3-5-8(6-4-7)24(18,19)9(25(20,21)10(12,13)14)26(22,23)11(15,16)17/h2-6H,1H2/q-1. The zero-order chi connectivity index (χ0) is 20.8. The van der Waals surface area contributed by atoms with E-state index in [-0.39, 0.29) is 5.56 Å². The van der Waals surface area contributed by atoms with Crippen LogP contribution in [0.15, 0.2) is 35.7 Å². The van der Waals surface area contributed by atoms with Crippen LogP contribution >= 0.6 is 0 Å². The first kappa shape index (κ1) is 22.4. The molecule has 0 saturated carbocycles. The summed E-state index contributed by atoms with van der Waals surface area (Å²) < 4.78 is 142. The van der Waals surface area contributed by atoms with Gasteiger partial charge in [0.15, 0.2) is 19.7 Å². The predicted octanol–water partition coefficient (Wildman–Crippen LogP) is 2.42. The molecule has 1 aromatic carbocycles. The van der Waals surface area contributed by atoms with Crippen LogP contribution in [0.25, 0.3) is 6.08 Å². The Kier molecular flexibility index (Phi) is 5.63. The lowest BCUT2D eigenvalue weighted by Crippen LogP contribution is -2.43. The van der Waals surface area contributed by atoms with E-state index in [1.54, 1.807) is 0 Å². The third-order valence-electron chi connectivity index (χ3n) is 2.69. The molecule has 15 heteroatoms. The third-order valence-corrected chi connectivity index (χ3v) is 10.1. The third kappa shape index (κ3) is 3.73. The van der Waals surface area contributed by atoms with Crippen LogP contribution in [0.5, 0.6) is 0 Å². The molecule has 0 aliphatic carbocycles. The zero-order valence-electron chi connectivity index (χ0n) is 12.0. The van der Waals surface area contributed by atoms with Gasteiger partial charge in [0.1, 0.15) is 0 Å². The van der Waals surface area contributed by atoms with Crippen LogP contribution in [-0.2, 0) is 29.5 Å². The topological polar surface area (TPSA) is 102 Å². The maximum absolute atomic E-state index is 12.6. The van der Waals surface area contributed by atoms with Crippen molar-refractivity contribution in [2.45, 2.75) is 15.9 Å². The van der Waals surface area contributed by atoms with E-state index in [0.717, 1.165) is 18.2 Å². The Morgan fingerprint density at radius 1 is 0.769 bits per heavy atom. The molecular weight excluding hydrogens is 438 g/mol. The van der Waals surface area contributed by atoms with Crippen molar-refractivity contribution >= 4 is 35.6 Å². The van der Waals surface area contributed by atoms with Crippen LogP contribution in [0.3, 0.4) is 0 Å². The zero-order valence-corrected chi connectivity index (χ0v) is 14.5. The highest BCUT2D eigenvalue weighted by atomic mass is 32.3. The maximum Gasteiger partial charge on any atom is 0.470 e. The maximum atomic E-state index is 12.6. The minimum atomic E-state index is -7.40. The first-order chi connectivity index (χ1) is 11.4. The van der Waals surface area contributed by atoms with Gasteiger partial charge in [-0.2, -0.15) is 26.3 Å². The van der Waals surface area contributed by atoms with Gasteiger partial charge >= 0.3 is 11.0 Å². The summed E-state index contributed by atoms with van der Waals surface area (Å²) >= 11 is 0. The molecule has 1 rings (SSSR count). The van der Waals surface area contributed by atoms with E-state index in [9.17, 15) is 51.6 Å². The summed E-state index contributed by atoms with van der Waals surface area (Å²) in [7, 11) is -21.0. The number of halogens is 6.